The van der Waals surface area contributed by atoms with Crippen LogP contribution in [0.2, 0.25) is 0 Å². The fraction of sp³-hybridized carbons (Fsp3) is 0.667. The summed E-state index contributed by atoms with van der Waals surface area (Å²) in [5.41, 5.74) is 5.67. The highest BCUT2D eigenvalue weighted by atomic mass is 16.2. The van der Waals surface area contributed by atoms with Crippen LogP contribution in [0.4, 0.5) is 0 Å². The van der Waals surface area contributed by atoms with Crippen LogP contribution in [0, 0.1) is 5.92 Å². The first-order valence-corrected chi connectivity index (χ1v) is 4.97. The van der Waals surface area contributed by atoms with Gasteiger partial charge >= 0.3 is 0 Å². The maximum Gasteiger partial charge on any atom is 0.237 e. The second-order valence-electron chi connectivity index (χ2n) is 3.72. The van der Waals surface area contributed by atoms with Crippen LogP contribution >= 0.6 is 0 Å². The zero-order valence-corrected chi connectivity index (χ0v) is 9.05. The number of nitrogens with one attached hydrogen (secondary N) is 1. The van der Waals surface area contributed by atoms with Crippen LogP contribution in [0.15, 0.2) is 12.7 Å². The number of hydrogen-bond acceptors (Lipinski definition) is 4. The van der Waals surface area contributed by atoms with Gasteiger partial charge in [0.15, 0.2) is 0 Å². The molecule has 3 N–H and O–H groups in total. The van der Waals surface area contributed by atoms with Gasteiger partial charge in [0.05, 0.1) is 12.6 Å². The van der Waals surface area contributed by atoms with E-state index >= 15 is 0 Å². The monoisotopic (exact) mass is 211 g/mol. The van der Waals surface area contributed by atoms with Gasteiger partial charge in [-0.3, -0.25) is 9.48 Å². The summed E-state index contributed by atoms with van der Waals surface area (Å²) in [6.45, 7) is 4.96. The zero-order valence-electron chi connectivity index (χ0n) is 9.05. The molecule has 0 aromatic carbocycles. The summed E-state index contributed by atoms with van der Waals surface area (Å²) in [5, 5.41) is 6.67. The molecule has 0 aliphatic rings. The zero-order chi connectivity index (χ0) is 11.3. The van der Waals surface area contributed by atoms with Crippen LogP contribution in [0.25, 0.3) is 0 Å². The third kappa shape index (κ3) is 3.67. The second kappa shape index (κ2) is 5.45. The molecule has 0 fully saturated rings. The largest absolute Gasteiger partial charge is 0.353 e. The molecule has 0 aliphatic carbocycles. The van der Waals surface area contributed by atoms with Gasteiger partial charge in [-0.2, -0.15) is 5.10 Å². The number of nitrogens with zero attached hydrogens (tertiary/aromatic N) is 3. The Bertz CT molecular complexity index is 295. The summed E-state index contributed by atoms with van der Waals surface area (Å²) in [4.78, 5) is 15.2. The smallest absolute Gasteiger partial charge is 0.237 e. The minimum atomic E-state index is -0.444. The van der Waals surface area contributed by atoms with Gasteiger partial charge in [-0.25, -0.2) is 4.98 Å². The fourth-order valence-electron chi connectivity index (χ4n) is 1.06. The Kier molecular flexibility index (Phi) is 4.23. The van der Waals surface area contributed by atoms with Crippen molar-refractivity contribution in [3.63, 3.8) is 0 Å². The van der Waals surface area contributed by atoms with E-state index in [0.717, 1.165) is 0 Å². The first-order chi connectivity index (χ1) is 7.11. The molecule has 0 radical (unpaired) electrons. The summed E-state index contributed by atoms with van der Waals surface area (Å²) in [6.07, 6.45) is 3.07. The Balaban J connectivity index is 2.23. The summed E-state index contributed by atoms with van der Waals surface area (Å²) < 4.78 is 1.65. The molecule has 15 heavy (non-hydrogen) atoms. The van der Waals surface area contributed by atoms with Crippen molar-refractivity contribution < 1.29 is 4.79 Å². The van der Waals surface area contributed by atoms with E-state index in [9.17, 15) is 4.79 Å². The SMILES string of the molecule is CC(C)[C@@H](N)C(=O)NCCn1cncn1. The average molecular weight is 211 g/mol. The molecule has 1 atom stereocenters. The molecule has 0 spiro atoms. The van der Waals surface area contributed by atoms with Crippen molar-refractivity contribution in [2.24, 2.45) is 11.7 Å². The van der Waals surface area contributed by atoms with Crippen LogP contribution in [-0.2, 0) is 11.3 Å². The quantitative estimate of drug-likeness (QED) is 0.679. The first-order valence-electron chi connectivity index (χ1n) is 4.97. The Morgan fingerprint density at radius 3 is 2.87 bits per heavy atom. The Morgan fingerprint density at radius 1 is 1.60 bits per heavy atom. The number of carbonyl (C=O) groups excluding carboxylic acids is 1. The molecule has 1 amide bonds. The minimum Gasteiger partial charge on any atom is -0.353 e. The highest BCUT2D eigenvalue weighted by molar-refractivity contribution is 5.81. The third-order valence-corrected chi connectivity index (χ3v) is 2.13. The molecule has 0 saturated carbocycles. The van der Waals surface area contributed by atoms with Crippen molar-refractivity contribution in [1.82, 2.24) is 20.1 Å². The topological polar surface area (TPSA) is 85.8 Å². The standard InChI is InChI=1S/C9H17N5O/c1-7(2)8(10)9(15)12-3-4-14-6-11-5-13-14/h5-8H,3-4,10H2,1-2H3,(H,12,15)/t8-/m1/s1. The molecule has 1 heterocycles. The average Bonchev–Trinajstić information content (AvgIpc) is 2.69. The van der Waals surface area contributed by atoms with Gasteiger partial charge in [0, 0.05) is 6.54 Å². The van der Waals surface area contributed by atoms with Gasteiger partial charge in [0.25, 0.3) is 0 Å². The summed E-state index contributed by atoms with van der Waals surface area (Å²) in [6, 6.07) is -0.444. The number of aromatic nitrogens is 3. The number of hydrogen-bond donors (Lipinski definition) is 2. The first kappa shape index (κ1) is 11.6. The minimum absolute atomic E-state index is 0.120. The molecular weight excluding hydrogens is 194 g/mol. The highest BCUT2D eigenvalue weighted by Gasteiger charge is 2.16. The lowest BCUT2D eigenvalue weighted by Gasteiger charge is -2.15. The van der Waals surface area contributed by atoms with Gasteiger partial charge in [-0.1, -0.05) is 13.8 Å². The van der Waals surface area contributed by atoms with Crippen molar-refractivity contribution in [2.45, 2.75) is 26.4 Å². The van der Waals surface area contributed by atoms with E-state index in [-0.39, 0.29) is 11.8 Å². The Hall–Kier alpha value is -1.43. The molecular formula is C9H17N5O. The molecule has 0 saturated heterocycles. The predicted octanol–water partition coefficient (Wildman–Crippen LogP) is -0.622. The third-order valence-electron chi connectivity index (χ3n) is 2.13. The lowest BCUT2D eigenvalue weighted by Crippen LogP contribution is -2.44. The van der Waals surface area contributed by atoms with E-state index < -0.39 is 6.04 Å². The Labute approximate surface area is 88.9 Å². The lowest BCUT2D eigenvalue weighted by molar-refractivity contribution is -0.123. The van der Waals surface area contributed by atoms with Gasteiger partial charge in [0.1, 0.15) is 12.7 Å². The molecule has 0 aliphatic heterocycles. The molecule has 1 aromatic rings. The van der Waals surface area contributed by atoms with Crippen molar-refractivity contribution in [3.8, 4) is 0 Å². The van der Waals surface area contributed by atoms with Crippen molar-refractivity contribution in [1.29, 1.82) is 0 Å². The van der Waals surface area contributed by atoms with E-state index in [2.05, 4.69) is 15.4 Å². The number of rotatable bonds is 5. The summed E-state index contributed by atoms with van der Waals surface area (Å²) >= 11 is 0. The lowest BCUT2D eigenvalue weighted by atomic mass is 10.1. The summed E-state index contributed by atoms with van der Waals surface area (Å²) in [5.74, 6) is 0.0292. The fourth-order valence-corrected chi connectivity index (χ4v) is 1.06. The van der Waals surface area contributed by atoms with Crippen LogP contribution in [0.3, 0.4) is 0 Å². The van der Waals surface area contributed by atoms with Gasteiger partial charge < -0.3 is 11.1 Å². The van der Waals surface area contributed by atoms with Crippen molar-refractivity contribution in [3.05, 3.63) is 12.7 Å². The number of carbonyl (C=O) groups is 1. The molecule has 1 rings (SSSR count). The van der Waals surface area contributed by atoms with Gasteiger partial charge in [0.2, 0.25) is 5.91 Å². The Morgan fingerprint density at radius 2 is 2.33 bits per heavy atom. The van der Waals surface area contributed by atoms with Crippen molar-refractivity contribution in [2.75, 3.05) is 6.54 Å². The molecule has 1 aromatic heterocycles. The highest BCUT2D eigenvalue weighted by Crippen LogP contribution is 1.97. The van der Waals surface area contributed by atoms with Crippen molar-refractivity contribution >= 4 is 5.91 Å². The van der Waals surface area contributed by atoms with Gasteiger partial charge in [-0.05, 0) is 5.92 Å². The molecule has 6 heteroatoms. The molecule has 6 nitrogen and oxygen atoms in total. The van der Waals surface area contributed by atoms with Crippen LogP contribution in [-0.4, -0.2) is 33.3 Å². The second-order valence-corrected chi connectivity index (χ2v) is 3.72. The maximum atomic E-state index is 11.4. The van der Waals surface area contributed by atoms with E-state index in [1.54, 1.807) is 11.0 Å². The predicted molar refractivity (Wildman–Crippen MR) is 55.8 cm³/mol. The van der Waals surface area contributed by atoms with Crippen LogP contribution < -0.4 is 11.1 Å². The molecule has 84 valence electrons. The molecule has 0 bridgehead atoms. The van der Waals surface area contributed by atoms with Gasteiger partial charge in [-0.15, -0.1) is 0 Å². The van der Waals surface area contributed by atoms with E-state index in [0.29, 0.717) is 13.1 Å². The summed E-state index contributed by atoms with van der Waals surface area (Å²) in [7, 11) is 0. The maximum absolute atomic E-state index is 11.4. The van der Waals surface area contributed by atoms with E-state index in [4.69, 9.17) is 5.73 Å². The van der Waals surface area contributed by atoms with E-state index in [1.165, 1.54) is 6.33 Å². The normalized spacial score (nSPS) is 12.8. The van der Waals surface area contributed by atoms with Crippen LogP contribution in [0.5, 0.6) is 0 Å². The van der Waals surface area contributed by atoms with Crippen LogP contribution in [0.1, 0.15) is 13.8 Å². The molecule has 0 unspecified atom stereocenters. The number of amides is 1. The number of nitrogens with two attached hydrogens (primary N) is 1. The van der Waals surface area contributed by atoms with E-state index in [1.807, 2.05) is 13.8 Å².